The summed E-state index contributed by atoms with van der Waals surface area (Å²) < 4.78 is 0. The molecule has 0 heterocycles. The molecule has 4 rings (SSSR count). The van der Waals surface area contributed by atoms with Crippen molar-refractivity contribution in [2.75, 3.05) is 0 Å². The second kappa shape index (κ2) is 6.91. The van der Waals surface area contributed by atoms with E-state index in [0.29, 0.717) is 11.8 Å². The fraction of sp³-hybridized carbons (Fsp3) is 1.00. The van der Waals surface area contributed by atoms with E-state index in [1.165, 1.54) is 57.8 Å². The number of hydrogen-bond acceptors (Lipinski definition) is 2. The van der Waals surface area contributed by atoms with Crippen LogP contribution in [0.15, 0.2) is 0 Å². The molecule has 2 atom stereocenters. The van der Waals surface area contributed by atoms with E-state index < -0.39 is 11.2 Å². The third-order valence-corrected chi connectivity index (χ3v) is 8.64. The topological polar surface area (TPSA) is 40.5 Å². The van der Waals surface area contributed by atoms with Gasteiger partial charge in [-0.25, -0.2) is 0 Å². The molecule has 2 nitrogen and oxygen atoms in total. The molecule has 0 radical (unpaired) electrons. The number of aliphatic hydroxyl groups is 2. The minimum absolute atomic E-state index is 0.372. The maximum atomic E-state index is 11.6. The van der Waals surface area contributed by atoms with Crippen LogP contribution in [-0.4, -0.2) is 21.4 Å². The average Bonchev–Trinajstić information content (AvgIpc) is 3.26. The lowest BCUT2D eigenvalue weighted by molar-refractivity contribution is -0.199. The normalized spacial score (nSPS) is 45.8. The van der Waals surface area contributed by atoms with Gasteiger partial charge in [0.15, 0.2) is 0 Å². The fourth-order valence-electron chi connectivity index (χ4n) is 7.21. The third kappa shape index (κ3) is 2.96. The second-order valence-electron chi connectivity index (χ2n) is 9.73. The van der Waals surface area contributed by atoms with Gasteiger partial charge in [-0.05, 0) is 62.2 Å². The van der Waals surface area contributed by atoms with Crippen molar-refractivity contribution in [3.63, 3.8) is 0 Å². The van der Waals surface area contributed by atoms with Gasteiger partial charge in [-0.1, -0.05) is 64.2 Å². The largest absolute Gasteiger partial charge is 0.387 e. The van der Waals surface area contributed by atoms with Gasteiger partial charge in [0.1, 0.15) is 0 Å². The highest BCUT2D eigenvalue weighted by Gasteiger charge is 2.58. The summed E-state index contributed by atoms with van der Waals surface area (Å²) in [7, 11) is 0. The standard InChI is InChI=1S/C22H38O2/c23-21(15-12-18(13-16-21)17-7-2-1-3-8-17)22(24)14-6-11-20(22)19-9-4-5-10-19/h17-20,23-24H,1-16H2. The lowest BCUT2D eigenvalue weighted by Gasteiger charge is -2.51. The zero-order valence-corrected chi connectivity index (χ0v) is 15.5. The molecule has 0 aliphatic heterocycles. The Bertz CT molecular complexity index is 414. The molecular formula is C22H38O2. The van der Waals surface area contributed by atoms with Crippen LogP contribution in [0.1, 0.15) is 103 Å². The van der Waals surface area contributed by atoms with Crippen molar-refractivity contribution in [2.24, 2.45) is 23.7 Å². The molecule has 0 saturated heterocycles. The Hall–Kier alpha value is -0.0800. The molecule has 0 aromatic rings. The molecule has 2 unspecified atom stereocenters. The van der Waals surface area contributed by atoms with E-state index in [0.717, 1.165) is 56.8 Å². The van der Waals surface area contributed by atoms with E-state index in [2.05, 4.69) is 0 Å². The van der Waals surface area contributed by atoms with E-state index >= 15 is 0 Å². The second-order valence-corrected chi connectivity index (χ2v) is 9.73. The Kier molecular flexibility index (Phi) is 4.99. The third-order valence-electron chi connectivity index (χ3n) is 8.64. The summed E-state index contributed by atoms with van der Waals surface area (Å²) in [6.45, 7) is 0. The van der Waals surface area contributed by atoms with Crippen LogP contribution >= 0.6 is 0 Å². The first kappa shape index (κ1) is 17.3. The highest BCUT2D eigenvalue weighted by Crippen LogP contribution is 2.55. The molecule has 138 valence electrons. The molecule has 2 N–H and O–H groups in total. The maximum Gasteiger partial charge on any atom is 0.0963 e. The van der Waals surface area contributed by atoms with Crippen LogP contribution in [0.5, 0.6) is 0 Å². The van der Waals surface area contributed by atoms with Crippen molar-refractivity contribution in [1.29, 1.82) is 0 Å². The van der Waals surface area contributed by atoms with Gasteiger partial charge in [0.25, 0.3) is 0 Å². The highest BCUT2D eigenvalue weighted by atomic mass is 16.4. The van der Waals surface area contributed by atoms with Crippen LogP contribution in [0.2, 0.25) is 0 Å². The van der Waals surface area contributed by atoms with Gasteiger partial charge in [0.05, 0.1) is 11.2 Å². The zero-order valence-electron chi connectivity index (χ0n) is 15.5. The van der Waals surface area contributed by atoms with Gasteiger partial charge in [-0.2, -0.15) is 0 Å². The number of hydrogen-bond donors (Lipinski definition) is 2. The maximum absolute atomic E-state index is 11.6. The van der Waals surface area contributed by atoms with Crippen molar-refractivity contribution in [3.8, 4) is 0 Å². The average molecular weight is 335 g/mol. The molecule has 4 aliphatic rings. The van der Waals surface area contributed by atoms with E-state index in [1.54, 1.807) is 0 Å². The molecule has 4 saturated carbocycles. The molecule has 0 aromatic heterocycles. The van der Waals surface area contributed by atoms with Crippen LogP contribution < -0.4 is 0 Å². The summed E-state index contributed by atoms with van der Waals surface area (Å²) in [5.41, 5.74) is -1.57. The van der Waals surface area contributed by atoms with Gasteiger partial charge in [-0.3, -0.25) is 0 Å². The summed E-state index contributed by atoms with van der Waals surface area (Å²) in [5, 5.41) is 23.2. The van der Waals surface area contributed by atoms with Crippen molar-refractivity contribution >= 4 is 0 Å². The van der Waals surface area contributed by atoms with Gasteiger partial charge < -0.3 is 10.2 Å². The molecule has 0 spiro atoms. The predicted molar refractivity (Wildman–Crippen MR) is 97.7 cm³/mol. The smallest absolute Gasteiger partial charge is 0.0963 e. The van der Waals surface area contributed by atoms with Crippen LogP contribution in [0.3, 0.4) is 0 Å². The Labute approximate surface area is 148 Å². The summed E-state index contributed by atoms with van der Waals surface area (Å²) >= 11 is 0. The van der Waals surface area contributed by atoms with E-state index in [1.807, 2.05) is 0 Å². The summed E-state index contributed by atoms with van der Waals surface area (Å²) in [5.74, 6) is 2.78. The van der Waals surface area contributed by atoms with E-state index in [4.69, 9.17) is 0 Å². The summed E-state index contributed by atoms with van der Waals surface area (Å²) in [4.78, 5) is 0. The quantitative estimate of drug-likeness (QED) is 0.744. The molecule has 0 amide bonds. The Balaban J connectivity index is 1.43. The minimum atomic E-state index is -0.790. The Morgan fingerprint density at radius 2 is 1.04 bits per heavy atom. The number of rotatable bonds is 3. The first-order chi connectivity index (χ1) is 11.6. The van der Waals surface area contributed by atoms with Gasteiger partial charge in [0, 0.05) is 0 Å². The van der Waals surface area contributed by atoms with Gasteiger partial charge >= 0.3 is 0 Å². The minimum Gasteiger partial charge on any atom is -0.387 e. The molecule has 4 fully saturated rings. The van der Waals surface area contributed by atoms with Crippen LogP contribution in [0.4, 0.5) is 0 Å². The molecule has 24 heavy (non-hydrogen) atoms. The summed E-state index contributed by atoms with van der Waals surface area (Å²) in [6, 6.07) is 0. The van der Waals surface area contributed by atoms with Crippen LogP contribution in [0, 0.1) is 23.7 Å². The van der Waals surface area contributed by atoms with Crippen LogP contribution in [0.25, 0.3) is 0 Å². The molecule has 2 heteroatoms. The van der Waals surface area contributed by atoms with Crippen molar-refractivity contribution in [3.05, 3.63) is 0 Å². The van der Waals surface area contributed by atoms with E-state index in [-0.39, 0.29) is 0 Å². The summed E-state index contributed by atoms with van der Waals surface area (Å²) in [6.07, 6.45) is 19.5. The predicted octanol–water partition coefficient (Wildman–Crippen LogP) is 5.21. The van der Waals surface area contributed by atoms with Gasteiger partial charge in [0.2, 0.25) is 0 Å². The fourth-order valence-corrected chi connectivity index (χ4v) is 7.21. The Morgan fingerprint density at radius 1 is 0.500 bits per heavy atom. The monoisotopic (exact) mass is 334 g/mol. The first-order valence-electron chi connectivity index (χ1n) is 11.1. The molecular weight excluding hydrogens is 296 g/mol. The highest BCUT2D eigenvalue weighted by molar-refractivity contribution is 5.10. The van der Waals surface area contributed by atoms with Crippen molar-refractivity contribution < 1.29 is 10.2 Å². The Morgan fingerprint density at radius 3 is 1.71 bits per heavy atom. The van der Waals surface area contributed by atoms with Crippen molar-refractivity contribution in [1.82, 2.24) is 0 Å². The molecule has 0 aromatic carbocycles. The van der Waals surface area contributed by atoms with Gasteiger partial charge in [-0.15, -0.1) is 0 Å². The lowest BCUT2D eigenvalue weighted by Crippen LogP contribution is -2.59. The van der Waals surface area contributed by atoms with Crippen molar-refractivity contribution in [2.45, 2.75) is 114 Å². The van der Waals surface area contributed by atoms with Crippen LogP contribution in [-0.2, 0) is 0 Å². The molecule has 4 aliphatic carbocycles. The lowest BCUT2D eigenvalue weighted by atomic mass is 9.61. The molecule has 0 bridgehead atoms. The van der Waals surface area contributed by atoms with E-state index in [9.17, 15) is 10.2 Å². The zero-order chi connectivity index (χ0) is 16.6. The first-order valence-corrected chi connectivity index (χ1v) is 11.1. The SMILES string of the molecule is OC1(C2(O)CCCC2C2CCCC2)CCC(C2CCCCC2)CC1.